The molecule has 0 aromatic carbocycles. The molecule has 0 amide bonds. The van der Waals surface area contributed by atoms with Gasteiger partial charge in [-0.2, -0.15) is 5.10 Å². The first-order valence-electron chi connectivity index (χ1n) is 5.69. The first-order chi connectivity index (χ1) is 8.39. The lowest BCUT2D eigenvalue weighted by molar-refractivity contribution is 0.531. The van der Waals surface area contributed by atoms with Gasteiger partial charge in [0.05, 0.1) is 5.69 Å². The minimum absolute atomic E-state index is 0.179. The fraction of sp³-hybridized carbons (Fsp3) is 0.308. The molecule has 5 nitrogen and oxygen atoms in total. The van der Waals surface area contributed by atoms with E-state index in [1.54, 1.807) is 33.2 Å². The van der Waals surface area contributed by atoms with Crippen molar-refractivity contribution in [1.29, 1.82) is 0 Å². The smallest absolute Gasteiger partial charge is 0.271 e. The van der Waals surface area contributed by atoms with Crippen molar-refractivity contribution in [3.63, 3.8) is 0 Å². The van der Waals surface area contributed by atoms with Crippen molar-refractivity contribution in [2.45, 2.75) is 19.4 Å². The largest absolute Gasteiger partial charge is 0.322 e. The van der Waals surface area contributed by atoms with Gasteiger partial charge in [-0.25, -0.2) is 4.68 Å². The maximum atomic E-state index is 12.0. The van der Waals surface area contributed by atoms with Crippen LogP contribution in [0.1, 0.15) is 19.4 Å². The first-order valence-corrected chi connectivity index (χ1v) is 5.69. The molecule has 0 saturated carbocycles. The SMILES string of the molecule is Cn1nc(-c2ccccn2)cc(C(C)(C)N)c1=O. The van der Waals surface area contributed by atoms with Gasteiger partial charge in [0.2, 0.25) is 0 Å². The van der Waals surface area contributed by atoms with Crippen LogP contribution in [0.2, 0.25) is 0 Å². The van der Waals surface area contributed by atoms with Gasteiger partial charge >= 0.3 is 0 Å². The van der Waals surface area contributed by atoms with Crippen LogP contribution in [0.5, 0.6) is 0 Å². The summed E-state index contributed by atoms with van der Waals surface area (Å²) in [5.41, 5.74) is 7.02. The molecular formula is C13H16N4O. The van der Waals surface area contributed by atoms with Gasteiger partial charge in [0.1, 0.15) is 5.69 Å². The molecule has 94 valence electrons. The minimum atomic E-state index is -0.707. The standard InChI is InChI=1S/C13H16N4O/c1-13(2,14)9-8-11(16-17(3)12(9)18)10-6-4-5-7-15-10/h4-8H,14H2,1-3H3. The second-order valence-electron chi connectivity index (χ2n) is 4.81. The Bertz CT molecular complexity index is 611. The Labute approximate surface area is 105 Å². The van der Waals surface area contributed by atoms with E-state index in [2.05, 4.69) is 10.1 Å². The minimum Gasteiger partial charge on any atom is -0.322 e. The Kier molecular flexibility index (Phi) is 3.00. The lowest BCUT2D eigenvalue weighted by atomic mass is 9.96. The van der Waals surface area contributed by atoms with Gasteiger partial charge in [-0.15, -0.1) is 0 Å². The van der Waals surface area contributed by atoms with Crippen LogP contribution in [-0.4, -0.2) is 14.8 Å². The van der Waals surface area contributed by atoms with E-state index in [0.29, 0.717) is 11.3 Å². The third-order valence-corrected chi connectivity index (χ3v) is 2.68. The molecule has 2 aromatic heterocycles. The summed E-state index contributed by atoms with van der Waals surface area (Å²) in [5, 5.41) is 4.20. The molecule has 0 aliphatic carbocycles. The van der Waals surface area contributed by atoms with Crippen LogP contribution in [0.4, 0.5) is 0 Å². The van der Waals surface area contributed by atoms with Crippen molar-refractivity contribution >= 4 is 0 Å². The molecule has 2 N–H and O–H groups in total. The van der Waals surface area contributed by atoms with Crippen LogP contribution < -0.4 is 11.3 Å². The quantitative estimate of drug-likeness (QED) is 0.856. The normalized spacial score (nSPS) is 11.6. The van der Waals surface area contributed by atoms with Gasteiger partial charge < -0.3 is 5.73 Å². The number of aryl methyl sites for hydroxylation is 1. The predicted octanol–water partition coefficient (Wildman–Crippen LogP) is 1.04. The number of nitrogens with two attached hydrogens (primary N) is 1. The summed E-state index contributed by atoms with van der Waals surface area (Å²) in [7, 11) is 1.62. The number of hydrogen-bond acceptors (Lipinski definition) is 4. The van der Waals surface area contributed by atoms with Crippen LogP contribution in [-0.2, 0) is 12.6 Å². The summed E-state index contributed by atoms with van der Waals surface area (Å²) in [5.74, 6) is 0. The highest BCUT2D eigenvalue weighted by Crippen LogP contribution is 2.18. The van der Waals surface area contributed by atoms with E-state index in [0.717, 1.165) is 5.69 Å². The van der Waals surface area contributed by atoms with Crippen molar-refractivity contribution in [3.05, 3.63) is 46.4 Å². The second kappa shape index (κ2) is 4.34. The van der Waals surface area contributed by atoms with Crippen LogP contribution >= 0.6 is 0 Å². The average Bonchev–Trinajstić information content (AvgIpc) is 2.32. The van der Waals surface area contributed by atoms with E-state index in [4.69, 9.17) is 5.73 Å². The molecule has 2 rings (SSSR count). The third-order valence-electron chi connectivity index (χ3n) is 2.68. The monoisotopic (exact) mass is 244 g/mol. The number of rotatable bonds is 2. The molecule has 0 fully saturated rings. The summed E-state index contributed by atoms with van der Waals surface area (Å²) in [4.78, 5) is 16.2. The Morgan fingerprint density at radius 2 is 2.00 bits per heavy atom. The predicted molar refractivity (Wildman–Crippen MR) is 69.9 cm³/mol. The van der Waals surface area contributed by atoms with Crippen molar-refractivity contribution in [1.82, 2.24) is 14.8 Å². The van der Waals surface area contributed by atoms with Crippen LogP contribution in [0.3, 0.4) is 0 Å². The van der Waals surface area contributed by atoms with Crippen molar-refractivity contribution in [3.8, 4) is 11.4 Å². The number of nitrogens with zero attached hydrogens (tertiary/aromatic N) is 3. The first kappa shape index (κ1) is 12.4. The van der Waals surface area contributed by atoms with Gasteiger partial charge in [-0.05, 0) is 32.0 Å². The molecule has 2 aromatic rings. The summed E-state index contributed by atoms with van der Waals surface area (Å²) >= 11 is 0. The molecule has 0 unspecified atom stereocenters. The second-order valence-corrected chi connectivity index (χ2v) is 4.81. The zero-order chi connectivity index (χ0) is 13.3. The van der Waals surface area contributed by atoms with Gasteiger partial charge in [-0.1, -0.05) is 6.07 Å². The van der Waals surface area contributed by atoms with Gasteiger partial charge in [0.15, 0.2) is 0 Å². The van der Waals surface area contributed by atoms with Gasteiger partial charge in [0, 0.05) is 24.3 Å². The zero-order valence-corrected chi connectivity index (χ0v) is 10.7. The highest BCUT2D eigenvalue weighted by molar-refractivity contribution is 5.54. The topological polar surface area (TPSA) is 73.8 Å². The van der Waals surface area contributed by atoms with E-state index in [-0.39, 0.29) is 5.56 Å². The van der Waals surface area contributed by atoms with E-state index >= 15 is 0 Å². The highest BCUT2D eigenvalue weighted by Gasteiger charge is 2.21. The summed E-state index contributed by atoms with van der Waals surface area (Å²) in [6.07, 6.45) is 1.69. The molecule has 0 radical (unpaired) electrons. The lowest BCUT2D eigenvalue weighted by Gasteiger charge is -2.19. The molecular weight excluding hydrogens is 228 g/mol. The summed E-state index contributed by atoms with van der Waals surface area (Å²) < 4.78 is 1.30. The molecule has 0 aliphatic heterocycles. The summed E-state index contributed by atoms with van der Waals surface area (Å²) in [6, 6.07) is 7.27. The highest BCUT2D eigenvalue weighted by atomic mass is 16.1. The molecule has 0 atom stereocenters. The molecule has 0 spiro atoms. The van der Waals surface area contributed by atoms with Gasteiger partial charge in [0.25, 0.3) is 5.56 Å². The lowest BCUT2D eigenvalue weighted by Crippen LogP contribution is -2.38. The fourth-order valence-corrected chi connectivity index (χ4v) is 1.71. The van der Waals surface area contributed by atoms with Crippen molar-refractivity contribution < 1.29 is 0 Å². The Morgan fingerprint density at radius 3 is 2.56 bits per heavy atom. The van der Waals surface area contributed by atoms with Crippen LogP contribution in [0.25, 0.3) is 11.4 Å². The molecule has 5 heteroatoms. The molecule has 0 aliphatic rings. The number of hydrogen-bond donors (Lipinski definition) is 1. The molecule has 0 bridgehead atoms. The zero-order valence-electron chi connectivity index (χ0n) is 10.7. The maximum Gasteiger partial charge on any atom is 0.271 e. The Hall–Kier alpha value is -2.01. The Morgan fingerprint density at radius 1 is 1.28 bits per heavy atom. The maximum absolute atomic E-state index is 12.0. The van der Waals surface area contributed by atoms with Crippen molar-refractivity contribution in [2.75, 3.05) is 0 Å². The van der Waals surface area contributed by atoms with Gasteiger partial charge in [-0.3, -0.25) is 9.78 Å². The molecule has 0 saturated heterocycles. The van der Waals surface area contributed by atoms with E-state index < -0.39 is 5.54 Å². The average molecular weight is 244 g/mol. The van der Waals surface area contributed by atoms with E-state index in [1.165, 1.54) is 4.68 Å². The van der Waals surface area contributed by atoms with Crippen LogP contribution in [0, 0.1) is 0 Å². The molecule has 2 heterocycles. The van der Waals surface area contributed by atoms with E-state index in [1.807, 2.05) is 18.2 Å². The van der Waals surface area contributed by atoms with Crippen LogP contribution in [0.15, 0.2) is 35.3 Å². The molecule has 18 heavy (non-hydrogen) atoms. The summed E-state index contributed by atoms with van der Waals surface area (Å²) in [6.45, 7) is 3.60. The fourth-order valence-electron chi connectivity index (χ4n) is 1.71. The Balaban J connectivity index is 2.66. The third kappa shape index (κ3) is 2.31. The van der Waals surface area contributed by atoms with E-state index in [9.17, 15) is 4.79 Å². The number of pyridine rings is 1. The number of aromatic nitrogens is 3. The van der Waals surface area contributed by atoms with Crippen molar-refractivity contribution in [2.24, 2.45) is 12.8 Å².